The van der Waals surface area contributed by atoms with Gasteiger partial charge in [-0.05, 0) is 31.2 Å². The molecule has 0 spiro atoms. The van der Waals surface area contributed by atoms with E-state index >= 15 is 0 Å². The van der Waals surface area contributed by atoms with Crippen LogP contribution in [0.15, 0.2) is 78.9 Å². The van der Waals surface area contributed by atoms with Crippen molar-refractivity contribution in [2.45, 2.75) is 19.4 Å². The Kier molecular flexibility index (Phi) is 7.57. The van der Waals surface area contributed by atoms with Crippen LogP contribution in [0.4, 0.5) is 5.69 Å². The van der Waals surface area contributed by atoms with Crippen molar-refractivity contribution in [1.29, 1.82) is 0 Å². The number of carbonyl (C=O) groups is 3. The number of aryl methyl sites for hydroxylation is 1. The Morgan fingerprint density at radius 1 is 0.839 bits per heavy atom. The second kappa shape index (κ2) is 10.5. The number of nitrogens with one attached hydrogen (secondary N) is 1. The van der Waals surface area contributed by atoms with E-state index in [1.54, 1.807) is 60.7 Å². The van der Waals surface area contributed by atoms with Crippen LogP contribution >= 0.6 is 11.6 Å². The molecule has 3 aromatic carbocycles. The third kappa shape index (κ3) is 6.52. The first kappa shape index (κ1) is 22.2. The second-order valence-electron chi connectivity index (χ2n) is 7.09. The third-order valence-corrected chi connectivity index (χ3v) is 4.93. The summed E-state index contributed by atoms with van der Waals surface area (Å²) in [6.07, 6.45) is -0.121. The van der Waals surface area contributed by atoms with Gasteiger partial charge in [-0.2, -0.15) is 0 Å². The normalized spacial score (nSPS) is 11.4. The Bertz CT molecular complexity index is 1050. The molecule has 3 rings (SSSR count). The first-order chi connectivity index (χ1) is 14.9. The predicted octanol–water partition coefficient (Wildman–Crippen LogP) is 5.13. The maximum absolute atomic E-state index is 12.8. The van der Waals surface area contributed by atoms with Crippen LogP contribution in [0.2, 0.25) is 5.02 Å². The molecule has 0 saturated carbocycles. The predicted molar refractivity (Wildman–Crippen MR) is 121 cm³/mol. The Balaban J connectivity index is 1.70. The van der Waals surface area contributed by atoms with Crippen LogP contribution in [0.3, 0.4) is 0 Å². The summed E-state index contributed by atoms with van der Waals surface area (Å²) in [5, 5.41) is 3.56. The minimum atomic E-state index is -0.959. The van der Waals surface area contributed by atoms with Gasteiger partial charge < -0.3 is 10.1 Å². The van der Waals surface area contributed by atoms with Gasteiger partial charge in [0.2, 0.25) is 0 Å². The van der Waals surface area contributed by atoms with Gasteiger partial charge in [-0.15, -0.1) is 0 Å². The van der Waals surface area contributed by atoms with Crippen LogP contribution in [-0.4, -0.2) is 30.2 Å². The second-order valence-corrected chi connectivity index (χ2v) is 7.53. The maximum Gasteiger partial charge on any atom is 0.329 e. The number of rotatable bonds is 9. The molecule has 1 N–H and O–H groups in total. The number of hydrogen-bond donors (Lipinski definition) is 1. The van der Waals surface area contributed by atoms with Gasteiger partial charge in [-0.3, -0.25) is 9.59 Å². The average molecular weight is 436 g/mol. The van der Waals surface area contributed by atoms with Crippen LogP contribution in [-0.2, 0) is 9.53 Å². The molecule has 0 radical (unpaired) electrons. The molecule has 0 aliphatic heterocycles. The molecule has 0 heterocycles. The highest BCUT2D eigenvalue weighted by Gasteiger charge is 2.25. The van der Waals surface area contributed by atoms with Crippen LogP contribution in [0.5, 0.6) is 0 Å². The number of ether oxygens (including phenoxy) is 1. The number of Topliss-reactive ketones (excluding diaryl/α,β-unsaturated/α-hetero) is 2. The van der Waals surface area contributed by atoms with Gasteiger partial charge in [0.15, 0.2) is 18.2 Å². The van der Waals surface area contributed by atoms with E-state index in [4.69, 9.17) is 16.3 Å². The van der Waals surface area contributed by atoms with Gasteiger partial charge in [-0.1, -0.05) is 71.8 Å². The Hall–Kier alpha value is -3.44. The number of hydrogen-bond acceptors (Lipinski definition) is 5. The molecule has 0 bridgehead atoms. The van der Waals surface area contributed by atoms with E-state index < -0.39 is 18.6 Å². The van der Waals surface area contributed by atoms with E-state index in [-0.39, 0.29) is 18.0 Å². The lowest BCUT2D eigenvalue weighted by Crippen LogP contribution is -2.34. The fraction of sp³-hybridized carbons (Fsp3) is 0.160. The zero-order valence-electron chi connectivity index (χ0n) is 17.0. The Labute approximate surface area is 186 Å². The van der Waals surface area contributed by atoms with Crippen molar-refractivity contribution in [3.05, 3.63) is 101 Å². The highest BCUT2D eigenvalue weighted by atomic mass is 35.5. The molecule has 6 heteroatoms. The number of halogens is 1. The first-order valence-electron chi connectivity index (χ1n) is 9.79. The van der Waals surface area contributed by atoms with Crippen molar-refractivity contribution in [2.24, 2.45) is 0 Å². The van der Waals surface area contributed by atoms with Crippen molar-refractivity contribution < 1.29 is 19.1 Å². The molecular weight excluding hydrogens is 414 g/mol. The molecule has 31 heavy (non-hydrogen) atoms. The Morgan fingerprint density at radius 3 is 2.10 bits per heavy atom. The summed E-state index contributed by atoms with van der Waals surface area (Å²) in [5.41, 5.74) is 2.59. The van der Waals surface area contributed by atoms with Gasteiger partial charge in [0.05, 0.1) is 0 Å². The van der Waals surface area contributed by atoms with E-state index in [0.29, 0.717) is 21.8 Å². The van der Waals surface area contributed by atoms with E-state index in [1.165, 1.54) is 0 Å². The fourth-order valence-electron chi connectivity index (χ4n) is 2.93. The third-order valence-electron chi connectivity index (χ3n) is 4.67. The van der Waals surface area contributed by atoms with Crippen LogP contribution in [0.25, 0.3) is 0 Å². The quantitative estimate of drug-likeness (QED) is 0.372. The van der Waals surface area contributed by atoms with E-state index in [0.717, 1.165) is 5.56 Å². The van der Waals surface area contributed by atoms with Gasteiger partial charge in [0.25, 0.3) is 0 Å². The van der Waals surface area contributed by atoms with E-state index in [2.05, 4.69) is 5.32 Å². The molecular formula is C25H22ClNO4. The summed E-state index contributed by atoms with van der Waals surface area (Å²) in [6.45, 7) is 1.52. The molecule has 0 aliphatic carbocycles. The standard InChI is InChI=1S/C25H22ClNO4/c1-17-7-9-19(10-8-17)24(29)16-31-25(30)22(27-21-13-11-20(26)12-14-21)15-23(28)18-5-3-2-4-6-18/h2-14,22,27H,15-16H2,1H3/t22-/m0/s1. The maximum atomic E-state index is 12.8. The number of anilines is 1. The smallest absolute Gasteiger partial charge is 0.329 e. The molecule has 0 aliphatic rings. The molecule has 0 aromatic heterocycles. The highest BCUT2D eigenvalue weighted by molar-refractivity contribution is 6.30. The van der Waals surface area contributed by atoms with Crippen molar-refractivity contribution in [2.75, 3.05) is 11.9 Å². The zero-order chi connectivity index (χ0) is 22.2. The van der Waals surface area contributed by atoms with Gasteiger partial charge in [0, 0.05) is 28.3 Å². The van der Waals surface area contributed by atoms with Crippen molar-refractivity contribution >= 4 is 34.8 Å². The zero-order valence-corrected chi connectivity index (χ0v) is 17.8. The van der Waals surface area contributed by atoms with Crippen molar-refractivity contribution in [3.8, 4) is 0 Å². The summed E-state index contributed by atoms with van der Waals surface area (Å²) in [6, 6.07) is 21.5. The van der Waals surface area contributed by atoms with E-state index in [1.807, 2.05) is 25.1 Å². The molecule has 0 amide bonds. The topological polar surface area (TPSA) is 72.5 Å². The number of carbonyl (C=O) groups excluding carboxylic acids is 3. The molecule has 0 fully saturated rings. The SMILES string of the molecule is Cc1ccc(C(=O)COC(=O)[C@H](CC(=O)c2ccccc2)Nc2ccc(Cl)cc2)cc1. The van der Waals surface area contributed by atoms with Crippen molar-refractivity contribution in [1.82, 2.24) is 0 Å². The highest BCUT2D eigenvalue weighted by Crippen LogP contribution is 2.17. The molecule has 0 unspecified atom stereocenters. The van der Waals surface area contributed by atoms with E-state index in [9.17, 15) is 14.4 Å². The van der Waals surface area contributed by atoms with Crippen molar-refractivity contribution in [3.63, 3.8) is 0 Å². The van der Waals surface area contributed by atoms with Gasteiger partial charge in [0.1, 0.15) is 6.04 Å². The lowest BCUT2D eigenvalue weighted by Gasteiger charge is -2.18. The molecule has 3 aromatic rings. The lowest BCUT2D eigenvalue weighted by atomic mass is 10.0. The fourth-order valence-corrected chi connectivity index (χ4v) is 3.05. The van der Waals surface area contributed by atoms with Crippen LogP contribution in [0, 0.1) is 6.92 Å². The summed E-state index contributed by atoms with van der Waals surface area (Å²) < 4.78 is 5.25. The van der Waals surface area contributed by atoms with Gasteiger partial charge >= 0.3 is 5.97 Å². The first-order valence-corrected chi connectivity index (χ1v) is 10.2. The van der Waals surface area contributed by atoms with Gasteiger partial charge in [-0.25, -0.2) is 4.79 Å². The monoisotopic (exact) mass is 435 g/mol. The molecule has 1 atom stereocenters. The van der Waals surface area contributed by atoms with Crippen LogP contribution < -0.4 is 5.32 Å². The summed E-state index contributed by atoms with van der Waals surface area (Å²) in [5.74, 6) is -1.21. The number of benzene rings is 3. The minimum Gasteiger partial charge on any atom is -0.456 e. The molecule has 158 valence electrons. The largest absolute Gasteiger partial charge is 0.456 e. The number of esters is 1. The summed E-state index contributed by atoms with van der Waals surface area (Å²) >= 11 is 5.92. The minimum absolute atomic E-state index is 0.121. The molecule has 0 saturated heterocycles. The Morgan fingerprint density at radius 2 is 1.45 bits per heavy atom. The summed E-state index contributed by atoms with van der Waals surface area (Å²) in [7, 11) is 0. The van der Waals surface area contributed by atoms with Crippen LogP contribution in [0.1, 0.15) is 32.7 Å². The number of ketones is 2. The summed E-state index contributed by atoms with van der Waals surface area (Å²) in [4.78, 5) is 37.8. The lowest BCUT2D eigenvalue weighted by molar-refractivity contribution is -0.143. The average Bonchev–Trinajstić information content (AvgIpc) is 2.79. The molecule has 5 nitrogen and oxygen atoms in total.